The van der Waals surface area contributed by atoms with Crippen molar-refractivity contribution in [3.63, 3.8) is 0 Å². The molecule has 1 N–H and O–H groups in total. The summed E-state index contributed by atoms with van der Waals surface area (Å²) in [6.07, 6.45) is 1.46. The Morgan fingerprint density at radius 3 is 2.52 bits per heavy atom. The highest BCUT2D eigenvalue weighted by molar-refractivity contribution is 5.94. The van der Waals surface area contributed by atoms with Gasteiger partial charge in [0.25, 0.3) is 0 Å². The Labute approximate surface area is 156 Å². The van der Waals surface area contributed by atoms with E-state index in [1.54, 1.807) is 12.1 Å². The summed E-state index contributed by atoms with van der Waals surface area (Å²) in [5.41, 5.74) is 3.07. The van der Waals surface area contributed by atoms with Gasteiger partial charge in [-0.25, -0.2) is 0 Å². The first-order chi connectivity index (χ1) is 13.2. The molecular formula is C21H18N4O2. The maximum Gasteiger partial charge on any atom is 0.317 e. The molecule has 0 unspecified atom stereocenters. The highest BCUT2D eigenvalue weighted by Gasteiger charge is 2.20. The van der Waals surface area contributed by atoms with Crippen molar-refractivity contribution in [3.8, 4) is 11.4 Å². The molecule has 27 heavy (non-hydrogen) atoms. The molecule has 0 aliphatic heterocycles. The molecule has 0 aliphatic carbocycles. The second-order valence-corrected chi connectivity index (χ2v) is 6.16. The number of hydrogen-bond donors (Lipinski definition) is 1. The maximum atomic E-state index is 12.8. The third-order valence-corrected chi connectivity index (χ3v) is 4.13. The molecule has 6 heteroatoms. The van der Waals surface area contributed by atoms with E-state index >= 15 is 0 Å². The Morgan fingerprint density at radius 2 is 1.81 bits per heavy atom. The van der Waals surface area contributed by atoms with Gasteiger partial charge in [-0.2, -0.15) is 9.67 Å². The highest BCUT2D eigenvalue weighted by Crippen LogP contribution is 2.20. The average molecular weight is 358 g/mol. The number of nitrogens with zero attached hydrogens (tertiary/aromatic N) is 3. The molecule has 0 aliphatic rings. The van der Waals surface area contributed by atoms with Crippen LogP contribution in [0.4, 0.5) is 5.95 Å². The van der Waals surface area contributed by atoms with Crippen molar-refractivity contribution in [2.24, 2.45) is 0 Å². The fourth-order valence-corrected chi connectivity index (χ4v) is 2.67. The summed E-state index contributed by atoms with van der Waals surface area (Å²) < 4.78 is 6.48. The van der Waals surface area contributed by atoms with Gasteiger partial charge in [0.15, 0.2) is 11.6 Å². The van der Waals surface area contributed by atoms with Crippen LogP contribution in [-0.2, 0) is 6.54 Å². The van der Waals surface area contributed by atoms with Crippen molar-refractivity contribution in [1.29, 1.82) is 0 Å². The molecule has 2 aromatic heterocycles. The van der Waals surface area contributed by atoms with Crippen LogP contribution in [-0.4, -0.2) is 20.7 Å². The molecule has 0 radical (unpaired) electrons. The number of rotatable bonds is 5. The Morgan fingerprint density at radius 1 is 1.04 bits per heavy atom. The molecule has 2 aromatic carbocycles. The SMILES string of the molecule is Cc1ccc(-c2nc(NCc3ccccc3)n(C(=O)c3ccco3)n2)cc1. The molecule has 2 heterocycles. The smallest absolute Gasteiger partial charge is 0.317 e. The zero-order valence-corrected chi connectivity index (χ0v) is 14.8. The Balaban J connectivity index is 1.68. The van der Waals surface area contributed by atoms with Gasteiger partial charge in [-0.15, -0.1) is 5.10 Å². The summed E-state index contributed by atoms with van der Waals surface area (Å²) in [5.74, 6) is 0.681. The zero-order valence-electron chi connectivity index (χ0n) is 14.8. The molecule has 4 aromatic rings. The van der Waals surface area contributed by atoms with Gasteiger partial charge in [-0.3, -0.25) is 4.79 Å². The van der Waals surface area contributed by atoms with Crippen molar-refractivity contribution < 1.29 is 9.21 Å². The normalized spacial score (nSPS) is 10.7. The second-order valence-electron chi connectivity index (χ2n) is 6.16. The summed E-state index contributed by atoms with van der Waals surface area (Å²) in [5, 5.41) is 7.61. The van der Waals surface area contributed by atoms with E-state index in [9.17, 15) is 4.79 Å². The topological polar surface area (TPSA) is 73.0 Å². The van der Waals surface area contributed by atoms with Gasteiger partial charge in [0.2, 0.25) is 5.95 Å². The van der Waals surface area contributed by atoms with Gasteiger partial charge in [-0.05, 0) is 24.6 Å². The first kappa shape index (κ1) is 16.8. The lowest BCUT2D eigenvalue weighted by molar-refractivity contribution is 0.0919. The van der Waals surface area contributed by atoms with Crippen LogP contribution < -0.4 is 5.32 Å². The van der Waals surface area contributed by atoms with E-state index in [1.165, 1.54) is 10.9 Å². The first-order valence-electron chi connectivity index (χ1n) is 8.61. The van der Waals surface area contributed by atoms with E-state index in [0.29, 0.717) is 18.3 Å². The quantitative estimate of drug-likeness (QED) is 0.580. The van der Waals surface area contributed by atoms with E-state index in [2.05, 4.69) is 15.4 Å². The largest absolute Gasteiger partial charge is 0.459 e. The summed E-state index contributed by atoms with van der Waals surface area (Å²) in [6.45, 7) is 2.54. The minimum atomic E-state index is -0.374. The molecule has 0 amide bonds. The summed E-state index contributed by atoms with van der Waals surface area (Å²) >= 11 is 0. The lowest BCUT2D eigenvalue weighted by atomic mass is 10.1. The lowest BCUT2D eigenvalue weighted by Crippen LogP contribution is -2.17. The standard InChI is InChI=1S/C21H18N4O2/c1-15-9-11-17(12-10-15)19-23-21(22-14-16-6-3-2-4-7-16)25(24-19)20(26)18-8-5-13-27-18/h2-13H,14H2,1H3,(H,22,23,24). The fraction of sp³-hybridized carbons (Fsp3) is 0.0952. The van der Waals surface area contributed by atoms with Crippen LogP contribution >= 0.6 is 0 Å². The number of benzene rings is 2. The Hall–Kier alpha value is -3.67. The molecule has 0 fully saturated rings. The van der Waals surface area contributed by atoms with Crippen LogP contribution in [0.15, 0.2) is 77.4 Å². The van der Waals surface area contributed by atoms with Gasteiger partial charge in [0.1, 0.15) is 0 Å². The third-order valence-electron chi connectivity index (χ3n) is 4.13. The van der Waals surface area contributed by atoms with Crippen LogP contribution in [0.25, 0.3) is 11.4 Å². The van der Waals surface area contributed by atoms with Crippen molar-refractivity contribution in [1.82, 2.24) is 14.8 Å². The lowest BCUT2D eigenvalue weighted by Gasteiger charge is -2.06. The van der Waals surface area contributed by atoms with Crippen molar-refractivity contribution >= 4 is 11.9 Å². The number of furan rings is 1. The van der Waals surface area contributed by atoms with Gasteiger partial charge in [0, 0.05) is 12.1 Å². The van der Waals surface area contributed by atoms with E-state index < -0.39 is 0 Å². The predicted octanol–water partition coefficient (Wildman–Crippen LogP) is 4.15. The molecule has 0 saturated heterocycles. The first-order valence-corrected chi connectivity index (χ1v) is 8.61. The van der Waals surface area contributed by atoms with Crippen LogP contribution in [0.3, 0.4) is 0 Å². The van der Waals surface area contributed by atoms with Crippen LogP contribution in [0.1, 0.15) is 21.7 Å². The minimum absolute atomic E-state index is 0.207. The molecule has 134 valence electrons. The number of anilines is 1. The summed E-state index contributed by atoms with van der Waals surface area (Å²) in [7, 11) is 0. The molecule has 0 spiro atoms. The Bertz CT molecular complexity index is 1040. The van der Waals surface area contributed by atoms with Crippen molar-refractivity contribution in [3.05, 3.63) is 89.9 Å². The van der Waals surface area contributed by atoms with E-state index in [4.69, 9.17) is 4.42 Å². The number of aromatic nitrogens is 3. The number of hydrogen-bond acceptors (Lipinski definition) is 5. The molecule has 0 bridgehead atoms. The monoisotopic (exact) mass is 358 g/mol. The minimum Gasteiger partial charge on any atom is -0.459 e. The van der Waals surface area contributed by atoms with E-state index in [0.717, 1.165) is 16.7 Å². The van der Waals surface area contributed by atoms with Crippen LogP contribution in [0.2, 0.25) is 0 Å². The van der Waals surface area contributed by atoms with Crippen LogP contribution in [0.5, 0.6) is 0 Å². The molecule has 0 saturated carbocycles. The number of carbonyl (C=O) groups is 1. The van der Waals surface area contributed by atoms with E-state index in [1.807, 2.05) is 61.5 Å². The number of carbonyl (C=O) groups excluding carboxylic acids is 1. The van der Waals surface area contributed by atoms with Gasteiger partial charge in [-0.1, -0.05) is 60.2 Å². The molecule has 4 rings (SSSR count). The summed E-state index contributed by atoms with van der Waals surface area (Å²) in [4.78, 5) is 17.3. The fourth-order valence-electron chi connectivity index (χ4n) is 2.67. The van der Waals surface area contributed by atoms with Gasteiger partial charge >= 0.3 is 5.91 Å². The molecular weight excluding hydrogens is 340 g/mol. The third kappa shape index (κ3) is 3.64. The predicted molar refractivity (Wildman–Crippen MR) is 102 cm³/mol. The van der Waals surface area contributed by atoms with Gasteiger partial charge < -0.3 is 9.73 Å². The van der Waals surface area contributed by atoms with Crippen LogP contribution in [0, 0.1) is 6.92 Å². The highest BCUT2D eigenvalue weighted by atomic mass is 16.3. The van der Waals surface area contributed by atoms with Gasteiger partial charge in [0.05, 0.1) is 6.26 Å². The molecule has 0 atom stereocenters. The number of aryl methyl sites for hydroxylation is 1. The average Bonchev–Trinajstić information content (AvgIpc) is 3.37. The molecule has 6 nitrogen and oxygen atoms in total. The van der Waals surface area contributed by atoms with Crippen molar-refractivity contribution in [2.75, 3.05) is 5.32 Å². The van der Waals surface area contributed by atoms with Crippen molar-refractivity contribution in [2.45, 2.75) is 13.5 Å². The summed E-state index contributed by atoms with van der Waals surface area (Å²) in [6, 6.07) is 21.0. The zero-order chi connectivity index (χ0) is 18.6. The number of nitrogens with one attached hydrogen (secondary N) is 1. The second kappa shape index (κ2) is 7.29. The maximum absolute atomic E-state index is 12.8. The van der Waals surface area contributed by atoms with E-state index in [-0.39, 0.29) is 11.7 Å². The Kier molecular flexibility index (Phi) is 4.53.